The molecule has 4 heteroatoms. The molecule has 28 heavy (non-hydrogen) atoms. The van der Waals surface area contributed by atoms with Crippen molar-refractivity contribution in [3.05, 3.63) is 87.9 Å². The fraction of sp³-hybridized carbons (Fsp3) is 0.250. The maximum Gasteiger partial charge on any atom is 0.164 e. The molecule has 0 aromatic heterocycles. The predicted octanol–water partition coefficient (Wildman–Crippen LogP) is 5.80. The standard InChI is InChI=1S/C24H21ClO3/c1-26-21-12-18-20(13-22(21)27-2)28-24-17-6-4-3-5-15(17)11-19(24)23(18)14-7-9-16(25)10-8-14/h3-10,12-13,19,23-24H,11H2,1-2H3/t19-,23-,24-/m0/s1. The molecule has 5 rings (SSSR count). The van der Waals surface area contributed by atoms with Crippen LogP contribution in [0.4, 0.5) is 0 Å². The molecule has 0 unspecified atom stereocenters. The van der Waals surface area contributed by atoms with E-state index < -0.39 is 0 Å². The Labute approximate surface area is 169 Å². The third kappa shape index (κ3) is 2.65. The van der Waals surface area contributed by atoms with Gasteiger partial charge in [-0.15, -0.1) is 0 Å². The smallest absolute Gasteiger partial charge is 0.164 e. The highest BCUT2D eigenvalue weighted by Gasteiger charge is 2.45. The number of ether oxygens (including phenoxy) is 3. The van der Waals surface area contributed by atoms with Gasteiger partial charge in [0.25, 0.3) is 0 Å². The summed E-state index contributed by atoms with van der Waals surface area (Å²) in [5.74, 6) is 2.77. The number of fused-ring (bicyclic) bond motifs is 4. The van der Waals surface area contributed by atoms with Crippen molar-refractivity contribution in [3.8, 4) is 17.2 Å². The lowest BCUT2D eigenvalue weighted by Crippen LogP contribution is -2.28. The first kappa shape index (κ1) is 17.4. The minimum atomic E-state index is 0.0301. The van der Waals surface area contributed by atoms with Crippen molar-refractivity contribution in [2.45, 2.75) is 18.4 Å². The van der Waals surface area contributed by atoms with Crippen molar-refractivity contribution in [2.24, 2.45) is 5.92 Å². The highest BCUT2D eigenvalue weighted by molar-refractivity contribution is 6.30. The molecule has 3 atom stereocenters. The van der Waals surface area contributed by atoms with Crippen molar-refractivity contribution in [1.29, 1.82) is 0 Å². The van der Waals surface area contributed by atoms with Crippen LogP contribution in [0, 0.1) is 5.92 Å². The van der Waals surface area contributed by atoms with Crippen LogP contribution in [0.2, 0.25) is 5.02 Å². The van der Waals surface area contributed by atoms with Gasteiger partial charge >= 0.3 is 0 Å². The fourth-order valence-corrected chi connectivity index (χ4v) is 4.84. The van der Waals surface area contributed by atoms with Crippen molar-refractivity contribution in [1.82, 2.24) is 0 Å². The predicted molar refractivity (Wildman–Crippen MR) is 110 cm³/mol. The zero-order valence-corrected chi connectivity index (χ0v) is 16.6. The molecule has 3 nitrogen and oxygen atoms in total. The zero-order chi connectivity index (χ0) is 19.3. The normalized spacial score (nSPS) is 21.9. The Morgan fingerprint density at radius 2 is 1.61 bits per heavy atom. The minimum absolute atomic E-state index is 0.0301. The van der Waals surface area contributed by atoms with Gasteiger partial charge in [-0.1, -0.05) is 48.0 Å². The summed E-state index contributed by atoms with van der Waals surface area (Å²) in [5, 5.41) is 0.745. The van der Waals surface area contributed by atoms with Gasteiger partial charge in [0.15, 0.2) is 11.5 Å². The van der Waals surface area contributed by atoms with Crippen molar-refractivity contribution < 1.29 is 14.2 Å². The van der Waals surface area contributed by atoms with Crippen molar-refractivity contribution in [2.75, 3.05) is 14.2 Å². The van der Waals surface area contributed by atoms with Gasteiger partial charge in [0.05, 0.1) is 14.2 Å². The van der Waals surface area contributed by atoms with E-state index in [4.69, 9.17) is 25.8 Å². The summed E-state index contributed by atoms with van der Waals surface area (Å²) in [6.07, 6.45) is 1.02. The Morgan fingerprint density at radius 3 is 2.36 bits per heavy atom. The number of halogens is 1. The van der Waals surface area contributed by atoms with E-state index in [1.165, 1.54) is 16.7 Å². The van der Waals surface area contributed by atoms with E-state index >= 15 is 0 Å². The molecule has 0 N–H and O–H groups in total. The summed E-state index contributed by atoms with van der Waals surface area (Å²) in [6, 6.07) is 20.8. The van der Waals surface area contributed by atoms with Gasteiger partial charge < -0.3 is 14.2 Å². The second kappa shape index (κ2) is 6.75. The molecule has 0 spiro atoms. The van der Waals surface area contributed by atoms with E-state index in [0.29, 0.717) is 11.7 Å². The maximum absolute atomic E-state index is 6.54. The third-order valence-corrected chi connectivity index (χ3v) is 6.22. The Hall–Kier alpha value is -2.65. The number of methoxy groups -OCH3 is 2. The second-order valence-electron chi connectivity index (χ2n) is 7.38. The molecule has 1 aliphatic carbocycles. The van der Waals surface area contributed by atoms with Crippen molar-refractivity contribution >= 4 is 11.6 Å². The number of hydrogen-bond acceptors (Lipinski definition) is 3. The summed E-state index contributed by atoms with van der Waals surface area (Å²) in [4.78, 5) is 0. The average Bonchev–Trinajstić information content (AvgIpc) is 3.10. The molecule has 0 amide bonds. The monoisotopic (exact) mass is 392 g/mol. The number of rotatable bonds is 3. The second-order valence-corrected chi connectivity index (χ2v) is 7.82. The van der Waals surface area contributed by atoms with Crippen LogP contribution in [0.25, 0.3) is 0 Å². The van der Waals surface area contributed by atoms with Crippen LogP contribution >= 0.6 is 11.6 Å². The van der Waals surface area contributed by atoms with Crippen LogP contribution in [0.15, 0.2) is 60.7 Å². The van der Waals surface area contributed by atoms with E-state index in [1.807, 2.05) is 18.2 Å². The molecule has 0 bridgehead atoms. The Bertz CT molecular complexity index is 1030. The number of benzene rings is 3. The van der Waals surface area contributed by atoms with E-state index in [2.05, 4.69) is 42.5 Å². The third-order valence-electron chi connectivity index (χ3n) is 5.97. The molecule has 1 aliphatic heterocycles. The summed E-state index contributed by atoms with van der Waals surface area (Å²) in [6.45, 7) is 0. The molecule has 0 saturated carbocycles. The van der Waals surface area contributed by atoms with Gasteiger partial charge in [-0.05, 0) is 41.3 Å². The van der Waals surface area contributed by atoms with E-state index in [9.17, 15) is 0 Å². The molecule has 0 radical (unpaired) electrons. The lowest BCUT2D eigenvalue weighted by molar-refractivity contribution is 0.115. The first-order chi connectivity index (χ1) is 13.7. The molecule has 1 heterocycles. The van der Waals surface area contributed by atoms with E-state index in [1.54, 1.807) is 14.2 Å². The van der Waals surface area contributed by atoms with Crippen LogP contribution in [0.1, 0.15) is 34.3 Å². The molecule has 0 saturated heterocycles. The Kier molecular flexibility index (Phi) is 4.21. The maximum atomic E-state index is 6.54. The summed E-state index contributed by atoms with van der Waals surface area (Å²) < 4.78 is 17.6. The zero-order valence-electron chi connectivity index (χ0n) is 15.8. The summed E-state index contributed by atoms with van der Waals surface area (Å²) >= 11 is 6.16. The van der Waals surface area contributed by atoms with Gasteiger partial charge in [-0.3, -0.25) is 0 Å². The quantitative estimate of drug-likeness (QED) is 0.564. The largest absolute Gasteiger partial charge is 0.493 e. The molecule has 3 aromatic carbocycles. The van der Waals surface area contributed by atoms with Crippen LogP contribution in [-0.4, -0.2) is 14.2 Å². The van der Waals surface area contributed by atoms with E-state index in [0.717, 1.165) is 28.5 Å². The Balaban J connectivity index is 1.70. The van der Waals surface area contributed by atoms with Gasteiger partial charge in [0.1, 0.15) is 11.9 Å². The molecular weight excluding hydrogens is 372 g/mol. The van der Waals surface area contributed by atoms with Crippen LogP contribution < -0.4 is 14.2 Å². The molecule has 0 fully saturated rings. The lowest BCUT2D eigenvalue weighted by Gasteiger charge is -2.37. The molecule has 3 aromatic rings. The lowest BCUT2D eigenvalue weighted by atomic mass is 9.76. The Morgan fingerprint density at radius 1 is 0.893 bits per heavy atom. The highest BCUT2D eigenvalue weighted by atomic mass is 35.5. The highest BCUT2D eigenvalue weighted by Crippen LogP contribution is 2.56. The van der Waals surface area contributed by atoms with Crippen molar-refractivity contribution in [3.63, 3.8) is 0 Å². The minimum Gasteiger partial charge on any atom is -0.493 e. The van der Waals surface area contributed by atoms with Gasteiger partial charge in [-0.2, -0.15) is 0 Å². The van der Waals surface area contributed by atoms with Crippen LogP contribution in [0.3, 0.4) is 0 Å². The SMILES string of the molecule is COc1cc2c(cc1OC)[C@H](c1ccc(Cl)cc1)[C@@H]1Cc3ccccc3[C@@H]1O2. The summed E-state index contributed by atoms with van der Waals surface area (Å²) in [7, 11) is 3.32. The first-order valence-electron chi connectivity index (χ1n) is 9.45. The molecule has 142 valence electrons. The van der Waals surface area contributed by atoms with Crippen LogP contribution in [0.5, 0.6) is 17.2 Å². The number of hydrogen-bond donors (Lipinski definition) is 0. The van der Waals surface area contributed by atoms with Crippen LogP contribution in [-0.2, 0) is 6.42 Å². The molecule has 2 aliphatic rings. The topological polar surface area (TPSA) is 27.7 Å². The van der Waals surface area contributed by atoms with E-state index in [-0.39, 0.29) is 12.0 Å². The van der Waals surface area contributed by atoms with Gasteiger partial charge in [-0.25, -0.2) is 0 Å². The fourth-order valence-electron chi connectivity index (χ4n) is 4.72. The first-order valence-corrected chi connectivity index (χ1v) is 9.83. The summed E-state index contributed by atoms with van der Waals surface area (Å²) in [5.41, 5.74) is 5.02. The van der Waals surface area contributed by atoms with Gasteiger partial charge in [0.2, 0.25) is 0 Å². The average molecular weight is 393 g/mol. The molecular formula is C24H21ClO3. The van der Waals surface area contributed by atoms with Gasteiger partial charge in [0, 0.05) is 28.5 Å².